The van der Waals surface area contributed by atoms with E-state index in [4.69, 9.17) is 4.74 Å². The van der Waals surface area contributed by atoms with E-state index in [0.717, 1.165) is 56.2 Å². The van der Waals surface area contributed by atoms with Crippen molar-refractivity contribution in [1.82, 2.24) is 4.90 Å². The first-order chi connectivity index (χ1) is 13.3. The van der Waals surface area contributed by atoms with Gasteiger partial charge in [-0.1, -0.05) is 49.6 Å². The predicted octanol–water partition coefficient (Wildman–Crippen LogP) is 4.71. The molecule has 2 aliphatic rings. The van der Waals surface area contributed by atoms with Crippen LogP contribution in [-0.2, 0) is 4.79 Å². The minimum atomic E-state index is 0.263. The molecule has 0 spiro atoms. The Bertz CT molecular complexity index is 748. The average Bonchev–Trinajstić information content (AvgIpc) is 2.75. The van der Waals surface area contributed by atoms with Gasteiger partial charge in [0.25, 0.3) is 0 Å². The minimum Gasteiger partial charge on any atom is -0.455 e. The molecule has 0 unspecified atom stereocenters. The summed E-state index contributed by atoms with van der Waals surface area (Å²) < 4.78 is 6.11. The first kappa shape index (κ1) is 17.9. The van der Waals surface area contributed by atoms with Gasteiger partial charge in [0.2, 0.25) is 5.91 Å². The molecule has 4 heteroatoms. The molecule has 142 valence electrons. The van der Waals surface area contributed by atoms with E-state index in [1.807, 2.05) is 48.5 Å². The molecular formula is C23H28N2O2. The third-order valence-electron chi connectivity index (χ3n) is 5.72. The number of amides is 1. The number of anilines is 1. The number of carbonyl (C=O) groups excluding carboxylic acids is 1. The highest BCUT2D eigenvalue weighted by molar-refractivity contribution is 5.79. The van der Waals surface area contributed by atoms with Gasteiger partial charge in [0, 0.05) is 32.1 Å². The topological polar surface area (TPSA) is 32.8 Å². The fourth-order valence-corrected chi connectivity index (χ4v) is 4.20. The number of hydrogen-bond acceptors (Lipinski definition) is 3. The molecule has 4 rings (SSSR count). The lowest BCUT2D eigenvalue weighted by atomic mass is 9.88. The molecule has 0 radical (unpaired) electrons. The Morgan fingerprint density at radius 1 is 0.815 bits per heavy atom. The zero-order valence-electron chi connectivity index (χ0n) is 15.8. The number of piperazine rings is 1. The predicted molar refractivity (Wildman–Crippen MR) is 108 cm³/mol. The summed E-state index contributed by atoms with van der Waals surface area (Å²) in [6.45, 7) is 3.31. The van der Waals surface area contributed by atoms with Crippen LogP contribution in [0.5, 0.6) is 11.5 Å². The van der Waals surface area contributed by atoms with Crippen molar-refractivity contribution in [3.63, 3.8) is 0 Å². The first-order valence-electron chi connectivity index (χ1n) is 10.2. The molecule has 1 amide bonds. The molecule has 4 nitrogen and oxygen atoms in total. The van der Waals surface area contributed by atoms with Crippen molar-refractivity contribution in [2.45, 2.75) is 32.1 Å². The Kier molecular flexibility index (Phi) is 5.61. The highest BCUT2D eigenvalue weighted by atomic mass is 16.5. The van der Waals surface area contributed by atoms with Crippen LogP contribution in [0.2, 0.25) is 0 Å². The maximum absolute atomic E-state index is 12.8. The van der Waals surface area contributed by atoms with Crippen molar-refractivity contribution in [1.29, 1.82) is 0 Å². The number of ether oxygens (including phenoxy) is 1. The van der Waals surface area contributed by atoms with E-state index < -0.39 is 0 Å². The summed E-state index contributed by atoms with van der Waals surface area (Å²) in [6, 6.07) is 18.1. The molecule has 1 aliphatic heterocycles. The molecular weight excluding hydrogens is 336 g/mol. The van der Waals surface area contributed by atoms with Gasteiger partial charge < -0.3 is 14.5 Å². The van der Waals surface area contributed by atoms with E-state index in [1.54, 1.807) is 0 Å². The molecule has 2 fully saturated rings. The van der Waals surface area contributed by atoms with Crippen LogP contribution in [0.15, 0.2) is 54.6 Å². The second-order valence-electron chi connectivity index (χ2n) is 7.53. The number of benzene rings is 2. The Hall–Kier alpha value is -2.49. The molecule has 1 aliphatic carbocycles. The number of nitrogens with zero attached hydrogens (tertiary/aromatic N) is 2. The van der Waals surface area contributed by atoms with Crippen molar-refractivity contribution in [2.24, 2.45) is 5.92 Å². The lowest BCUT2D eigenvalue weighted by Gasteiger charge is -2.38. The summed E-state index contributed by atoms with van der Waals surface area (Å²) in [7, 11) is 0. The van der Waals surface area contributed by atoms with Crippen LogP contribution < -0.4 is 9.64 Å². The molecule has 2 aromatic carbocycles. The molecule has 0 bridgehead atoms. The Morgan fingerprint density at radius 3 is 2.22 bits per heavy atom. The summed E-state index contributed by atoms with van der Waals surface area (Å²) in [5, 5.41) is 0. The van der Waals surface area contributed by atoms with E-state index >= 15 is 0 Å². The number of hydrogen-bond donors (Lipinski definition) is 0. The van der Waals surface area contributed by atoms with Gasteiger partial charge >= 0.3 is 0 Å². The van der Waals surface area contributed by atoms with Crippen molar-refractivity contribution in [3.05, 3.63) is 54.6 Å². The number of carbonyl (C=O) groups is 1. The summed E-state index contributed by atoms with van der Waals surface area (Å²) in [5.74, 6) is 2.36. The molecule has 2 aromatic rings. The summed E-state index contributed by atoms with van der Waals surface area (Å²) in [5.41, 5.74) is 1.10. The quantitative estimate of drug-likeness (QED) is 0.788. The van der Waals surface area contributed by atoms with Gasteiger partial charge in [-0.05, 0) is 37.1 Å². The fourth-order valence-electron chi connectivity index (χ4n) is 4.20. The standard InChI is InChI=1S/C23H28N2O2/c26-23(19-9-3-1-4-10-19)25-17-15-24(16-18-25)21-13-7-8-14-22(21)27-20-11-5-2-6-12-20/h2,5-8,11-14,19H,1,3-4,9-10,15-18H2. The second kappa shape index (κ2) is 8.47. The van der Waals surface area contributed by atoms with Crippen LogP contribution in [0.4, 0.5) is 5.69 Å². The maximum atomic E-state index is 12.8. The lowest BCUT2D eigenvalue weighted by Crippen LogP contribution is -2.50. The molecule has 1 heterocycles. The van der Waals surface area contributed by atoms with E-state index in [0.29, 0.717) is 5.91 Å². The van der Waals surface area contributed by atoms with Crippen LogP contribution in [0.3, 0.4) is 0 Å². The third kappa shape index (κ3) is 4.26. The molecule has 27 heavy (non-hydrogen) atoms. The molecule has 0 aromatic heterocycles. The Morgan fingerprint density at radius 2 is 1.48 bits per heavy atom. The second-order valence-corrected chi connectivity index (χ2v) is 7.53. The molecule has 0 atom stereocenters. The fraction of sp³-hybridized carbons (Fsp3) is 0.435. The lowest BCUT2D eigenvalue weighted by molar-refractivity contribution is -0.136. The largest absolute Gasteiger partial charge is 0.455 e. The Balaban J connectivity index is 1.40. The zero-order valence-corrected chi connectivity index (χ0v) is 15.8. The van der Waals surface area contributed by atoms with Gasteiger partial charge in [0.1, 0.15) is 5.75 Å². The first-order valence-corrected chi connectivity index (χ1v) is 10.2. The van der Waals surface area contributed by atoms with Gasteiger partial charge in [0.05, 0.1) is 5.69 Å². The van der Waals surface area contributed by atoms with Crippen LogP contribution in [0.25, 0.3) is 0 Å². The highest BCUT2D eigenvalue weighted by Crippen LogP contribution is 2.33. The average molecular weight is 364 g/mol. The van der Waals surface area contributed by atoms with E-state index in [9.17, 15) is 4.79 Å². The highest BCUT2D eigenvalue weighted by Gasteiger charge is 2.29. The molecule has 0 N–H and O–H groups in total. The molecule has 1 saturated carbocycles. The van der Waals surface area contributed by atoms with Crippen molar-refractivity contribution in [3.8, 4) is 11.5 Å². The summed E-state index contributed by atoms with van der Waals surface area (Å²) in [6.07, 6.45) is 5.86. The van der Waals surface area contributed by atoms with Crippen LogP contribution in [0, 0.1) is 5.92 Å². The minimum absolute atomic E-state index is 0.263. The van der Waals surface area contributed by atoms with Crippen molar-refractivity contribution >= 4 is 11.6 Å². The maximum Gasteiger partial charge on any atom is 0.225 e. The van der Waals surface area contributed by atoms with Crippen LogP contribution in [-0.4, -0.2) is 37.0 Å². The number of para-hydroxylation sites is 3. The van der Waals surface area contributed by atoms with Crippen molar-refractivity contribution < 1.29 is 9.53 Å². The number of rotatable bonds is 4. The summed E-state index contributed by atoms with van der Waals surface area (Å²) in [4.78, 5) is 17.2. The summed E-state index contributed by atoms with van der Waals surface area (Å²) >= 11 is 0. The van der Waals surface area contributed by atoms with Crippen LogP contribution >= 0.6 is 0 Å². The Labute approximate surface area is 161 Å². The smallest absolute Gasteiger partial charge is 0.225 e. The van der Waals surface area contributed by atoms with E-state index in [1.165, 1.54) is 19.3 Å². The van der Waals surface area contributed by atoms with Gasteiger partial charge in [-0.3, -0.25) is 4.79 Å². The van der Waals surface area contributed by atoms with E-state index in [2.05, 4.69) is 15.9 Å². The monoisotopic (exact) mass is 364 g/mol. The van der Waals surface area contributed by atoms with Gasteiger partial charge in [0.15, 0.2) is 5.75 Å². The molecule has 1 saturated heterocycles. The SMILES string of the molecule is O=C(C1CCCCC1)N1CCN(c2ccccc2Oc2ccccc2)CC1. The van der Waals surface area contributed by atoms with Crippen molar-refractivity contribution in [2.75, 3.05) is 31.1 Å². The van der Waals surface area contributed by atoms with Crippen LogP contribution in [0.1, 0.15) is 32.1 Å². The normalized spacial score (nSPS) is 18.4. The zero-order chi connectivity index (χ0) is 18.5. The van der Waals surface area contributed by atoms with E-state index in [-0.39, 0.29) is 5.92 Å². The van der Waals surface area contributed by atoms with Gasteiger partial charge in [-0.2, -0.15) is 0 Å². The van der Waals surface area contributed by atoms with Gasteiger partial charge in [-0.15, -0.1) is 0 Å². The van der Waals surface area contributed by atoms with Gasteiger partial charge in [-0.25, -0.2) is 0 Å². The third-order valence-corrected chi connectivity index (χ3v) is 5.72.